The first-order chi connectivity index (χ1) is 30.9. The van der Waals surface area contributed by atoms with Gasteiger partial charge in [0.25, 0.3) is 18.2 Å². The van der Waals surface area contributed by atoms with Gasteiger partial charge in [-0.1, -0.05) is 6.07 Å². The largest absolute Gasteiger partial charge is 0.385 e. The summed E-state index contributed by atoms with van der Waals surface area (Å²) in [5.41, 5.74) is 1.89. The fourth-order valence-corrected chi connectivity index (χ4v) is 11.1. The number of rotatable bonds is 11. The predicted octanol–water partition coefficient (Wildman–Crippen LogP) is 3.33. The molecule has 0 spiro atoms. The van der Waals surface area contributed by atoms with Crippen molar-refractivity contribution in [1.29, 1.82) is 0 Å². The van der Waals surface area contributed by atoms with Crippen LogP contribution in [0.3, 0.4) is 0 Å². The van der Waals surface area contributed by atoms with E-state index in [-0.39, 0.29) is 47.7 Å². The number of hydrogen-bond donors (Lipinski definition) is 3. The molecule has 1 aliphatic carbocycles. The van der Waals surface area contributed by atoms with Crippen molar-refractivity contribution in [2.75, 3.05) is 80.6 Å². The first-order valence-corrected chi connectivity index (χ1v) is 22.6. The number of benzene rings is 1. The third-order valence-corrected chi connectivity index (χ3v) is 14.4. The van der Waals surface area contributed by atoms with Crippen LogP contribution in [-0.2, 0) is 14.3 Å². The van der Waals surface area contributed by atoms with E-state index in [4.69, 9.17) is 14.8 Å². The summed E-state index contributed by atoms with van der Waals surface area (Å²) >= 11 is 0. The number of carbonyl (C=O) groups excluding carboxylic acids is 3. The molecule has 64 heavy (non-hydrogen) atoms. The standard InChI is InChI=1S/C44H53F2N13O5/c1-26-38-33(3-2-4-34(38)59(51-26)35-9-10-37(60)50-43(35)62)55-24-44(63,25-55)23-54-15-13-53(14-16-54)19-27-5-7-28(8-6-27)58-21-32(39(52-58)40(45)46)48-42(61)31-18-47-57-12-11-36(49-41(31)57)56-20-30-17-29(56)22-64-30/h2-4,11-12,18,21,27-30,35,40,63H,5-10,13-17,19-20,22-25H2,1H3,(H,48,61)(H,50,60,62)/t27?,28?,29-,30-,35?/m1/s1. The van der Waals surface area contributed by atoms with Crippen LogP contribution < -0.4 is 20.4 Å². The number of piperazine rings is 1. The van der Waals surface area contributed by atoms with Crippen LogP contribution in [0.25, 0.3) is 16.6 Å². The number of ether oxygens (including phenoxy) is 1. The lowest BCUT2D eigenvalue weighted by atomic mass is 9.85. The fourth-order valence-electron chi connectivity index (χ4n) is 11.1. The number of nitrogens with one attached hydrogen (secondary N) is 2. The van der Waals surface area contributed by atoms with Crippen molar-refractivity contribution in [1.82, 2.24) is 49.3 Å². The highest BCUT2D eigenvalue weighted by atomic mass is 19.3. The molecule has 1 unspecified atom stereocenters. The molecule has 18 nitrogen and oxygen atoms in total. The second-order valence-electron chi connectivity index (χ2n) is 18.8. The van der Waals surface area contributed by atoms with E-state index in [0.29, 0.717) is 44.2 Å². The molecule has 2 bridgehead atoms. The Bertz CT molecular complexity index is 2610. The zero-order valence-corrected chi connectivity index (χ0v) is 35.8. The number of halogens is 2. The first-order valence-electron chi connectivity index (χ1n) is 22.6. The molecule has 0 radical (unpaired) electrons. The van der Waals surface area contributed by atoms with Crippen LogP contribution in [0.2, 0.25) is 0 Å². The van der Waals surface area contributed by atoms with Gasteiger partial charge in [-0.05, 0) is 69.6 Å². The molecular weight excluding hydrogens is 829 g/mol. The number of aliphatic hydroxyl groups is 1. The summed E-state index contributed by atoms with van der Waals surface area (Å²) in [5.74, 6) is 0.0616. The number of fused-ring (bicyclic) bond motifs is 4. The number of hydrogen-bond acceptors (Lipinski definition) is 13. The Kier molecular flexibility index (Phi) is 10.4. The smallest absolute Gasteiger partial charge is 0.284 e. The molecule has 3 atom stereocenters. The molecule has 3 N–H and O–H groups in total. The topological polar surface area (TPSA) is 184 Å². The van der Waals surface area contributed by atoms with Crippen LogP contribution >= 0.6 is 0 Å². The van der Waals surface area contributed by atoms with Crippen LogP contribution in [-0.4, -0.2) is 150 Å². The molecule has 1 saturated carbocycles. The van der Waals surface area contributed by atoms with Gasteiger partial charge in [0.2, 0.25) is 5.91 Å². The Labute approximate surface area is 367 Å². The van der Waals surface area contributed by atoms with Crippen molar-refractivity contribution in [3.63, 3.8) is 0 Å². The predicted molar refractivity (Wildman–Crippen MR) is 231 cm³/mol. The number of morpholine rings is 1. The van der Waals surface area contributed by atoms with Gasteiger partial charge in [-0.25, -0.2) is 18.3 Å². The summed E-state index contributed by atoms with van der Waals surface area (Å²) in [6.07, 6.45) is 7.18. The summed E-state index contributed by atoms with van der Waals surface area (Å²) < 4.78 is 39.3. The van der Waals surface area contributed by atoms with Crippen LogP contribution in [0.15, 0.2) is 42.9 Å². The van der Waals surface area contributed by atoms with E-state index in [9.17, 15) is 28.3 Å². The number of imide groups is 1. The lowest BCUT2D eigenvalue weighted by Crippen LogP contribution is -2.67. The van der Waals surface area contributed by atoms with Gasteiger partial charge < -0.3 is 29.9 Å². The van der Waals surface area contributed by atoms with Crippen LogP contribution in [0.5, 0.6) is 0 Å². The lowest BCUT2D eigenvalue weighted by Gasteiger charge is -2.51. The number of nitrogens with zero attached hydrogens (tertiary/aromatic N) is 11. The highest BCUT2D eigenvalue weighted by Crippen LogP contribution is 2.39. The summed E-state index contributed by atoms with van der Waals surface area (Å²) in [7, 11) is 0. The Balaban J connectivity index is 0.657. The van der Waals surface area contributed by atoms with Crippen LogP contribution in [0.1, 0.15) is 85.2 Å². The van der Waals surface area contributed by atoms with E-state index in [1.165, 1.54) is 10.7 Å². The van der Waals surface area contributed by atoms with Crippen LogP contribution in [0.4, 0.5) is 26.0 Å². The Hall–Kier alpha value is -5.57. The summed E-state index contributed by atoms with van der Waals surface area (Å²) in [6.45, 7) is 9.43. The molecule has 1 aromatic carbocycles. The average molecular weight is 882 g/mol. The minimum absolute atomic E-state index is 0.00438. The maximum atomic E-state index is 14.3. The van der Waals surface area contributed by atoms with Crippen molar-refractivity contribution in [3.05, 3.63) is 59.8 Å². The van der Waals surface area contributed by atoms with Gasteiger partial charge >= 0.3 is 0 Å². The van der Waals surface area contributed by atoms with Crippen LogP contribution in [0, 0.1) is 12.8 Å². The molecule has 9 heterocycles. The van der Waals surface area contributed by atoms with Gasteiger partial charge in [0.15, 0.2) is 11.3 Å². The minimum Gasteiger partial charge on any atom is -0.385 e. The van der Waals surface area contributed by atoms with E-state index in [2.05, 4.69) is 40.4 Å². The zero-order valence-electron chi connectivity index (χ0n) is 35.8. The number of β-amino-alcohol motifs (C(OH)–C–C–N with tert-alkyl or cyclic N) is 1. The maximum absolute atomic E-state index is 14.3. The highest BCUT2D eigenvalue weighted by molar-refractivity contribution is 6.08. The van der Waals surface area contributed by atoms with Gasteiger partial charge in [-0.3, -0.25) is 34.0 Å². The van der Waals surface area contributed by atoms with E-state index in [1.807, 2.05) is 31.2 Å². The zero-order chi connectivity index (χ0) is 43.9. The number of aryl methyl sites for hydroxylation is 1. The van der Waals surface area contributed by atoms with Crippen molar-refractivity contribution in [3.8, 4) is 0 Å². The second kappa shape index (κ2) is 16.1. The Morgan fingerprint density at radius 3 is 2.56 bits per heavy atom. The monoisotopic (exact) mass is 881 g/mol. The number of amides is 3. The molecule has 3 amide bonds. The third kappa shape index (κ3) is 7.56. The summed E-state index contributed by atoms with van der Waals surface area (Å²) in [6, 6.07) is 7.47. The molecule has 5 saturated heterocycles. The molecule has 6 aliphatic rings. The van der Waals surface area contributed by atoms with Crippen molar-refractivity contribution in [2.45, 2.75) is 88.1 Å². The average Bonchev–Trinajstić information content (AvgIpc) is 4.13. The number of aromatic nitrogens is 7. The first kappa shape index (κ1) is 41.2. The normalized spacial score (nSPS) is 26.4. The number of piperidine rings is 1. The van der Waals surface area contributed by atoms with Gasteiger partial charge in [0.05, 0.1) is 47.9 Å². The molecular formula is C44H53F2N13O5. The Morgan fingerprint density at radius 2 is 1.83 bits per heavy atom. The van der Waals surface area contributed by atoms with E-state index in [1.54, 1.807) is 21.8 Å². The molecule has 20 heteroatoms. The van der Waals surface area contributed by atoms with Gasteiger partial charge in [-0.2, -0.15) is 15.3 Å². The van der Waals surface area contributed by atoms with E-state index < -0.39 is 29.7 Å². The number of alkyl halides is 2. The molecule has 338 valence electrons. The summed E-state index contributed by atoms with van der Waals surface area (Å²) in [5, 5.41) is 31.0. The molecule has 11 rings (SSSR count). The van der Waals surface area contributed by atoms with Gasteiger partial charge in [0.1, 0.15) is 23.0 Å². The number of carbonyl (C=O) groups is 3. The maximum Gasteiger partial charge on any atom is 0.284 e. The SMILES string of the molecule is Cc1nn(C2CCC(=O)NC2=O)c2cccc(N3CC(O)(CN4CCN(CC5CCC(n6cc(NC(=O)c7cnn8ccc(N9C[C@H]%10C[C@@H]9CO%10)nc78)c(C(F)F)n6)CC5)CC4)C3)c12. The summed E-state index contributed by atoms with van der Waals surface area (Å²) in [4.78, 5) is 51.9. The minimum atomic E-state index is -2.86. The van der Waals surface area contributed by atoms with E-state index in [0.717, 1.165) is 99.5 Å². The van der Waals surface area contributed by atoms with Crippen molar-refractivity contribution in [2.24, 2.45) is 5.92 Å². The lowest BCUT2D eigenvalue weighted by molar-refractivity contribution is -0.135. The molecule has 5 aromatic rings. The molecule has 6 fully saturated rings. The Morgan fingerprint density at radius 1 is 1.03 bits per heavy atom. The highest BCUT2D eigenvalue weighted by Gasteiger charge is 2.44. The van der Waals surface area contributed by atoms with Gasteiger partial charge in [0, 0.05) is 88.8 Å². The molecule has 5 aliphatic heterocycles. The van der Waals surface area contributed by atoms with Crippen molar-refractivity contribution >= 4 is 51.5 Å². The van der Waals surface area contributed by atoms with E-state index >= 15 is 0 Å². The van der Waals surface area contributed by atoms with Gasteiger partial charge in [-0.15, -0.1) is 0 Å². The fraction of sp³-hybridized carbons (Fsp3) is 0.568. The second-order valence-corrected chi connectivity index (χ2v) is 18.8. The number of anilines is 3. The quantitative estimate of drug-likeness (QED) is 0.165. The molecule has 4 aromatic heterocycles. The third-order valence-electron chi connectivity index (χ3n) is 14.4. The van der Waals surface area contributed by atoms with Crippen molar-refractivity contribution < 1.29 is 33.0 Å².